The van der Waals surface area contributed by atoms with Crippen LogP contribution < -0.4 is 0 Å². The molecule has 0 bridgehead atoms. The second-order valence-corrected chi connectivity index (χ2v) is 5.14. The van der Waals surface area contributed by atoms with E-state index in [1.54, 1.807) is 0 Å². The summed E-state index contributed by atoms with van der Waals surface area (Å²) < 4.78 is 0. The summed E-state index contributed by atoms with van der Waals surface area (Å²) in [5.41, 5.74) is 4.92. The van der Waals surface area contributed by atoms with Gasteiger partial charge in [-0.05, 0) is 42.5 Å². The van der Waals surface area contributed by atoms with E-state index >= 15 is 0 Å². The van der Waals surface area contributed by atoms with Gasteiger partial charge >= 0.3 is 0 Å². The maximum absolute atomic E-state index is 4.47. The highest BCUT2D eigenvalue weighted by molar-refractivity contribution is 5.82. The minimum atomic E-state index is 0.819. The molecule has 0 aliphatic heterocycles. The maximum Gasteiger partial charge on any atom is 0.0407 e. The zero-order valence-electron chi connectivity index (χ0n) is 12.8. The van der Waals surface area contributed by atoms with E-state index in [-0.39, 0.29) is 0 Å². The van der Waals surface area contributed by atoms with Crippen molar-refractivity contribution < 1.29 is 0 Å². The lowest BCUT2D eigenvalue weighted by Gasteiger charge is -1.99. The number of nitrogens with zero attached hydrogens (tertiary/aromatic N) is 2. The normalized spacial score (nSPS) is 11.5. The van der Waals surface area contributed by atoms with E-state index in [0.29, 0.717) is 0 Å². The molecule has 2 aromatic carbocycles. The minimum Gasteiger partial charge on any atom is -0.292 e. The van der Waals surface area contributed by atoms with Gasteiger partial charge in [-0.2, -0.15) is 0 Å². The van der Waals surface area contributed by atoms with Crippen LogP contribution in [0.3, 0.4) is 0 Å². The Hall–Kier alpha value is -2.22. The van der Waals surface area contributed by atoms with Gasteiger partial charge in [0.15, 0.2) is 0 Å². The van der Waals surface area contributed by atoms with E-state index in [4.69, 9.17) is 0 Å². The summed E-state index contributed by atoms with van der Waals surface area (Å²) in [5, 5.41) is 0. The van der Waals surface area contributed by atoms with E-state index in [1.165, 1.54) is 22.3 Å². The average molecular weight is 278 g/mol. The number of aliphatic imine (C=N–C) groups is 2. The van der Waals surface area contributed by atoms with E-state index in [0.717, 1.165) is 19.5 Å². The Morgan fingerprint density at radius 1 is 0.714 bits per heavy atom. The summed E-state index contributed by atoms with van der Waals surface area (Å²) in [5.74, 6) is 0. The number of benzene rings is 2. The van der Waals surface area contributed by atoms with Crippen molar-refractivity contribution in [1.29, 1.82) is 0 Å². The molecular formula is C19H22N2. The van der Waals surface area contributed by atoms with Gasteiger partial charge in [0.25, 0.3) is 0 Å². The summed E-state index contributed by atoms with van der Waals surface area (Å²) in [6, 6.07) is 16.6. The second kappa shape index (κ2) is 8.15. The quantitative estimate of drug-likeness (QED) is 0.558. The molecule has 108 valence electrons. The average Bonchev–Trinajstić information content (AvgIpc) is 2.50. The molecule has 0 aliphatic rings. The molecule has 0 N–H and O–H groups in total. The molecule has 0 amide bonds. The monoisotopic (exact) mass is 278 g/mol. The topological polar surface area (TPSA) is 24.7 Å². The third-order valence-electron chi connectivity index (χ3n) is 3.41. The molecular weight excluding hydrogens is 256 g/mol. The first-order valence-corrected chi connectivity index (χ1v) is 7.38. The largest absolute Gasteiger partial charge is 0.292 e. The fourth-order valence-electron chi connectivity index (χ4n) is 2.04. The van der Waals surface area contributed by atoms with Crippen LogP contribution in [0.2, 0.25) is 0 Å². The molecule has 0 radical (unpaired) electrons. The Morgan fingerprint density at radius 2 is 1.14 bits per heavy atom. The zero-order chi connectivity index (χ0) is 14.9. The van der Waals surface area contributed by atoms with Gasteiger partial charge in [0.1, 0.15) is 0 Å². The molecule has 2 aromatic rings. The number of aryl methyl sites for hydroxylation is 2. The van der Waals surface area contributed by atoms with Crippen molar-refractivity contribution in [2.45, 2.75) is 20.3 Å². The molecule has 0 unspecified atom stereocenters. The lowest BCUT2D eigenvalue weighted by Crippen LogP contribution is -1.92. The molecule has 0 saturated carbocycles. The number of hydrogen-bond donors (Lipinski definition) is 0. The third kappa shape index (κ3) is 4.99. The van der Waals surface area contributed by atoms with Crippen molar-refractivity contribution in [2.24, 2.45) is 9.98 Å². The highest BCUT2D eigenvalue weighted by Crippen LogP contribution is 2.04. The Morgan fingerprint density at radius 3 is 1.57 bits per heavy atom. The lowest BCUT2D eigenvalue weighted by atomic mass is 10.1. The van der Waals surface area contributed by atoms with Crippen LogP contribution in [0.15, 0.2) is 58.5 Å². The molecule has 0 heterocycles. The zero-order valence-corrected chi connectivity index (χ0v) is 12.8. The van der Waals surface area contributed by atoms with Crippen molar-refractivity contribution in [1.82, 2.24) is 0 Å². The third-order valence-corrected chi connectivity index (χ3v) is 3.41. The van der Waals surface area contributed by atoms with Gasteiger partial charge in [-0.1, -0.05) is 48.5 Å². The second-order valence-electron chi connectivity index (χ2n) is 5.14. The van der Waals surface area contributed by atoms with Crippen LogP contribution in [0, 0.1) is 13.8 Å². The first-order valence-electron chi connectivity index (χ1n) is 7.38. The van der Waals surface area contributed by atoms with E-state index in [2.05, 4.69) is 48.1 Å². The maximum atomic E-state index is 4.47. The number of hydrogen-bond acceptors (Lipinski definition) is 2. The SMILES string of the molecule is Cc1ccccc1/C=N\CCC/N=C\c1ccccc1C. The predicted molar refractivity (Wildman–Crippen MR) is 91.9 cm³/mol. The molecule has 21 heavy (non-hydrogen) atoms. The van der Waals surface area contributed by atoms with Crippen LogP contribution >= 0.6 is 0 Å². The minimum absolute atomic E-state index is 0.819. The van der Waals surface area contributed by atoms with Crippen molar-refractivity contribution in [3.63, 3.8) is 0 Å². The standard InChI is InChI=1S/C19H22N2/c1-16-8-3-5-10-18(16)14-20-12-7-13-21-15-19-11-6-4-9-17(19)2/h3-6,8-11,14-15H,7,12-13H2,1-2H3/b20-14-,21-15-. The van der Waals surface area contributed by atoms with Gasteiger partial charge in [0.05, 0.1) is 0 Å². The molecule has 2 nitrogen and oxygen atoms in total. The Labute approximate surface area is 127 Å². The summed E-state index contributed by atoms with van der Waals surface area (Å²) >= 11 is 0. The molecule has 0 aromatic heterocycles. The van der Waals surface area contributed by atoms with E-state index < -0.39 is 0 Å². The predicted octanol–water partition coefficient (Wildman–Crippen LogP) is 4.23. The van der Waals surface area contributed by atoms with Crippen LogP contribution in [0.25, 0.3) is 0 Å². The molecule has 0 aliphatic carbocycles. The molecule has 0 saturated heterocycles. The summed E-state index contributed by atoms with van der Waals surface area (Å²) in [7, 11) is 0. The lowest BCUT2D eigenvalue weighted by molar-refractivity contribution is 0.850. The first-order chi connectivity index (χ1) is 10.3. The smallest absolute Gasteiger partial charge is 0.0407 e. The summed E-state index contributed by atoms with van der Waals surface area (Å²) in [6.45, 7) is 5.85. The van der Waals surface area contributed by atoms with Crippen LogP contribution in [-0.4, -0.2) is 25.5 Å². The highest BCUT2D eigenvalue weighted by Gasteiger charge is 1.92. The van der Waals surface area contributed by atoms with Crippen molar-refractivity contribution in [2.75, 3.05) is 13.1 Å². The fourth-order valence-corrected chi connectivity index (χ4v) is 2.04. The van der Waals surface area contributed by atoms with Crippen LogP contribution in [0.4, 0.5) is 0 Å². The van der Waals surface area contributed by atoms with Crippen LogP contribution in [0.1, 0.15) is 28.7 Å². The Kier molecular flexibility index (Phi) is 5.89. The van der Waals surface area contributed by atoms with Gasteiger partial charge in [-0.3, -0.25) is 9.98 Å². The van der Waals surface area contributed by atoms with Crippen LogP contribution in [-0.2, 0) is 0 Å². The molecule has 0 spiro atoms. The molecule has 2 rings (SSSR count). The number of rotatable bonds is 6. The van der Waals surface area contributed by atoms with Gasteiger partial charge in [0, 0.05) is 25.5 Å². The van der Waals surface area contributed by atoms with Crippen molar-refractivity contribution >= 4 is 12.4 Å². The molecule has 2 heteroatoms. The summed E-state index contributed by atoms with van der Waals surface area (Å²) in [6.07, 6.45) is 4.89. The summed E-state index contributed by atoms with van der Waals surface area (Å²) in [4.78, 5) is 8.93. The molecule has 0 fully saturated rings. The van der Waals surface area contributed by atoms with E-state index in [1.807, 2.05) is 36.7 Å². The molecule has 0 atom stereocenters. The van der Waals surface area contributed by atoms with Gasteiger partial charge in [-0.15, -0.1) is 0 Å². The fraction of sp³-hybridized carbons (Fsp3) is 0.263. The van der Waals surface area contributed by atoms with E-state index in [9.17, 15) is 0 Å². The van der Waals surface area contributed by atoms with Gasteiger partial charge in [0.2, 0.25) is 0 Å². The van der Waals surface area contributed by atoms with Crippen LogP contribution in [0.5, 0.6) is 0 Å². The Bertz CT molecular complexity index is 571. The highest BCUT2D eigenvalue weighted by atomic mass is 14.7. The van der Waals surface area contributed by atoms with Gasteiger partial charge < -0.3 is 0 Å². The van der Waals surface area contributed by atoms with Crippen molar-refractivity contribution in [3.05, 3.63) is 70.8 Å². The van der Waals surface area contributed by atoms with Gasteiger partial charge in [-0.25, -0.2) is 0 Å². The van der Waals surface area contributed by atoms with Crippen molar-refractivity contribution in [3.8, 4) is 0 Å². The first kappa shape index (κ1) is 15.2. The Balaban J connectivity index is 1.73.